The van der Waals surface area contributed by atoms with Gasteiger partial charge in [0, 0.05) is 16.6 Å². The normalized spacial score (nSPS) is 28.4. The Labute approximate surface area is 251 Å². The molecule has 3 saturated heterocycles. The minimum Gasteiger partial charge on any atom is -0.394 e. The van der Waals surface area contributed by atoms with E-state index in [1.165, 1.54) is 0 Å². The maximum Gasteiger partial charge on any atom is 0.248 e. The van der Waals surface area contributed by atoms with Crippen molar-refractivity contribution >= 4 is 40.9 Å². The summed E-state index contributed by atoms with van der Waals surface area (Å²) in [5.41, 5.74) is 4.26. The lowest BCUT2D eigenvalue weighted by Crippen LogP contribution is -2.57. The molecule has 8 heteroatoms. The zero-order chi connectivity index (χ0) is 29.6. The summed E-state index contributed by atoms with van der Waals surface area (Å²) in [6.07, 6.45) is 1.15. The number of fused-ring (bicyclic) bond motifs is 1. The van der Waals surface area contributed by atoms with Gasteiger partial charge in [0.2, 0.25) is 17.7 Å². The Bertz CT molecular complexity index is 1480. The van der Waals surface area contributed by atoms with Crippen LogP contribution in [0.2, 0.25) is 0 Å². The smallest absolute Gasteiger partial charge is 0.248 e. The zero-order valence-corrected chi connectivity index (χ0v) is 24.9. The summed E-state index contributed by atoms with van der Waals surface area (Å²) >= 11 is 1.64. The Morgan fingerprint density at radius 3 is 2.24 bits per heavy atom. The van der Waals surface area contributed by atoms with Gasteiger partial charge in [-0.15, -0.1) is 11.8 Å². The van der Waals surface area contributed by atoms with Crippen LogP contribution in [0.3, 0.4) is 0 Å². The van der Waals surface area contributed by atoms with Gasteiger partial charge in [-0.2, -0.15) is 0 Å². The van der Waals surface area contributed by atoms with Crippen LogP contribution >= 0.6 is 11.8 Å². The molecule has 0 radical (unpaired) electrons. The van der Waals surface area contributed by atoms with E-state index in [9.17, 15) is 19.5 Å². The van der Waals surface area contributed by atoms with Gasteiger partial charge >= 0.3 is 0 Å². The summed E-state index contributed by atoms with van der Waals surface area (Å²) in [5.74, 6) is -1.89. The average molecular weight is 584 g/mol. The standard InChI is InChI=1S/C34H37N3O4S/c1-20-11-10-12-21(2)29(20)36-32(40)30-34-22(3)17-26(42-34)27(31(39)35-24-15-8-5-9-16-24)28(34)33(41)37(30)25(19-38)18-23-13-6-4-7-14-23/h4-16,22,25-28,30,38H,17-19H2,1-3H3,(H,35,39)(H,36,40)/t22?,25-,26+,27-,28+,30?,34?/m1/s1. The van der Waals surface area contributed by atoms with Crippen LogP contribution < -0.4 is 10.6 Å². The predicted molar refractivity (Wildman–Crippen MR) is 166 cm³/mol. The van der Waals surface area contributed by atoms with Gasteiger partial charge in [0.15, 0.2) is 0 Å². The van der Waals surface area contributed by atoms with E-state index in [-0.39, 0.29) is 35.5 Å². The number of anilines is 2. The van der Waals surface area contributed by atoms with E-state index in [4.69, 9.17) is 0 Å². The van der Waals surface area contributed by atoms with Crippen LogP contribution in [-0.2, 0) is 20.8 Å². The highest BCUT2D eigenvalue weighted by atomic mass is 32.2. The Balaban J connectivity index is 1.42. The summed E-state index contributed by atoms with van der Waals surface area (Å²) in [6, 6.07) is 23.4. The molecule has 1 spiro atoms. The summed E-state index contributed by atoms with van der Waals surface area (Å²) < 4.78 is -0.786. The van der Waals surface area contributed by atoms with E-state index < -0.39 is 28.7 Å². The topological polar surface area (TPSA) is 98.7 Å². The molecule has 3 N–H and O–H groups in total. The minimum atomic E-state index is -0.839. The van der Waals surface area contributed by atoms with Crippen LogP contribution in [-0.4, -0.2) is 56.4 Å². The fraction of sp³-hybridized carbons (Fsp3) is 0.382. The highest BCUT2D eigenvalue weighted by molar-refractivity contribution is 8.02. The molecule has 3 amide bonds. The number of amides is 3. The number of nitrogens with one attached hydrogen (secondary N) is 2. The van der Waals surface area contributed by atoms with E-state index >= 15 is 0 Å². The van der Waals surface area contributed by atoms with Crippen molar-refractivity contribution in [2.45, 2.75) is 55.7 Å². The third-order valence-corrected chi connectivity index (χ3v) is 11.5. The lowest BCUT2D eigenvalue weighted by atomic mass is 9.65. The van der Waals surface area contributed by atoms with Crippen LogP contribution in [0.25, 0.3) is 0 Å². The molecule has 42 heavy (non-hydrogen) atoms. The minimum absolute atomic E-state index is 0.0250. The Morgan fingerprint density at radius 1 is 0.952 bits per heavy atom. The van der Waals surface area contributed by atoms with Crippen molar-refractivity contribution in [1.29, 1.82) is 0 Å². The maximum atomic E-state index is 14.6. The molecule has 3 heterocycles. The fourth-order valence-electron chi connectivity index (χ4n) is 7.54. The largest absolute Gasteiger partial charge is 0.394 e. The number of carbonyl (C=O) groups excluding carboxylic acids is 3. The summed E-state index contributed by atoms with van der Waals surface area (Å²) in [5, 5.41) is 16.8. The van der Waals surface area contributed by atoms with Gasteiger partial charge in [-0.3, -0.25) is 14.4 Å². The monoisotopic (exact) mass is 583 g/mol. The Hall–Kier alpha value is -3.62. The van der Waals surface area contributed by atoms with Crippen molar-refractivity contribution in [3.8, 4) is 0 Å². The van der Waals surface area contributed by atoms with Crippen LogP contribution in [0.15, 0.2) is 78.9 Å². The van der Waals surface area contributed by atoms with Crippen molar-refractivity contribution in [2.24, 2.45) is 17.8 Å². The SMILES string of the molecule is Cc1cccc(C)c1NC(=O)C1N([C@@H](CO)Cc2ccccc2)C(=O)[C@@H]2[C@H](C(=O)Nc3ccccc3)[C@@H]3CC(C)C12S3. The van der Waals surface area contributed by atoms with Crippen LogP contribution in [0, 0.1) is 31.6 Å². The van der Waals surface area contributed by atoms with Crippen molar-refractivity contribution in [3.05, 3.63) is 95.6 Å². The second-order valence-electron chi connectivity index (χ2n) is 11.9. The van der Waals surface area contributed by atoms with Gasteiger partial charge < -0.3 is 20.6 Å². The second-order valence-corrected chi connectivity index (χ2v) is 13.5. The molecule has 3 aliphatic rings. The molecule has 3 unspecified atom stereocenters. The van der Waals surface area contributed by atoms with E-state index in [0.29, 0.717) is 12.1 Å². The molecule has 7 atom stereocenters. The third kappa shape index (κ3) is 4.61. The average Bonchev–Trinajstić information content (AvgIpc) is 3.58. The number of hydrogen-bond donors (Lipinski definition) is 3. The number of likely N-dealkylation sites (tertiary alicyclic amines) is 1. The fourth-order valence-corrected chi connectivity index (χ4v) is 9.95. The zero-order valence-electron chi connectivity index (χ0n) is 24.1. The summed E-state index contributed by atoms with van der Waals surface area (Å²) in [4.78, 5) is 44.6. The molecular formula is C34H37N3O4S. The van der Waals surface area contributed by atoms with Gasteiger partial charge in [0.1, 0.15) is 6.04 Å². The molecule has 3 fully saturated rings. The predicted octanol–water partition coefficient (Wildman–Crippen LogP) is 4.82. The molecule has 7 nitrogen and oxygen atoms in total. The van der Waals surface area contributed by atoms with Crippen molar-refractivity contribution in [1.82, 2.24) is 4.90 Å². The maximum absolute atomic E-state index is 14.6. The highest BCUT2D eigenvalue weighted by Crippen LogP contribution is 2.69. The van der Waals surface area contributed by atoms with Crippen molar-refractivity contribution in [3.63, 3.8) is 0 Å². The molecule has 2 bridgehead atoms. The third-order valence-electron chi connectivity index (χ3n) is 9.42. The lowest BCUT2D eigenvalue weighted by molar-refractivity contribution is -0.141. The molecule has 3 aromatic carbocycles. The lowest BCUT2D eigenvalue weighted by Gasteiger charge is -2.40. The molecule has 0 aromatic heterocycles. The number of aliphatic hydroxyl groups is 1. The number of nitrogens with zero attached hydrogens (tertiary/aromatic N) is 1. The van der Waals surface area contributed by atoms with Gasteiger partial charge in [-0.1, -0.05) is 73.7 Å². The van der Waals surface area contributed by atoms with Crippen LogP contribution in [0.1, 0.15) is 30.0 Å². The Morgan fingerprint density at radius 2 is 1.60 bits per heavy atom. The van der Waals surface area contributed by atoms with Crippen LogP contribution in [0.4, 0.5) is 11.4 Å². The van der Waals surface area contributed by atoms with Gasteiger partial charge in [0.05, 0.1) is 29.2 Å². The van der Waals surface area contributed by atoms with Crippen molar-refractivity contribution in [2.75, 3.05) is 17.2 Å². The van der Waals surface area contributed by atoms with Gasteiger partial charge in [-0.05, 0) is 61.4 Å². The first-order valence-corrected chi connectivity index (χ1v) is 15.5. The quantitative estimate of drug-likeness (QED) is 0.353. The molecule has 218 valence electrons. The van der Waals surface area contributed by atoms with Crippen LogP contribution in [0.5, 0.6) is 0 Å². The Kier molecular flexibility index (Phi) is 7.62. The number of para-hydroxylation sites is 2. The molecule has 6 rings (SSSR count). The number of hydrogen-bond acceptors (Lipinski definition) is 5. The number of aliphatic hydroxyl groups excluding tert-OH is 1. The van der Waals surface area contributed by atoms with E-state index in [0.717, 1.165) is 28.8 Å². The number of carbonyl (C=O) groups is 3. The highest BCUT2D eigenvalue weighted by Gasteiger charge is 2.76. The number of benzene rings is 3. The van der Waals surface area contributed by atoms with E-state index in [1.54, 1.807) is 16.7 Å². The molecule has 0 saturated carbocycles. The van der Waals surface area contributed by atoms with Crippen molar-refractivity contribution < 1.29 is 19.5 Å². The first kappa shape index (κ1) is 28.5. The summed E-state index contributed by atoms with van der Waals surface area (Å²) in [6.45, 7) is 5.72. The van der Waals surface area contributed by atoms with Gasteiger partial charge in [0.25, 0.3) is 0 Å². The molecular weight excluding hydrogens is 546 g/mol. The summed E-state index contributed by atoms with van der Waals surface area (Å²) in [7, 11) is 0. The van der Waals surface area contributed by atoms with Gasteiger partial charge in [-0.25, -0.2) is 0 Å². The first-order valence-electron chi connectivity index (χ1n) is 14.6. The molecule has 3 aliphatic heterocycles. The number of aryl methyl sites for hydroxylation is 2. The number of thioether (sulfide) groups is 1. The number of rotatable bonds is 8. The molecule has 0 aliphatic carbocycles. The first-order chi connectivity index (χ1) is 20.3. The van der Waals surface area contributed by atoms with E-state index in [2.05, 4.69) is 17.6 Å². The molecule has 3 aromatic rings. The second kappa shape index (κ2) is 11.2. The van der Waals surface area contributed by atoms with E-state index in [1.807, 2.05) is 92.7 Å².